The van der Waals surface area contributed by atoms with Crippen LogP contribution in [0.4, 0.5) is 0 Å². The number of nitrogens with zero attached hydrogens (tertiary/aromatic N) is 3. The molecule has 1 atom stereocenters. The summed E-state index contributed by atoms with van der Waals surface area (Å²) in [6.07, 6.45) is 7.43. The maximum absolute atomic E-state index is 4.86. The van der Waals surface area contributed by atoms with Gasteiger partial charge in [-0.15, -0.1) is 0 Å². The fourth-order valence-electron chi connectivity index (χ4n) is 3.13. The average Bonchev–Trinajstić information content (AvgIpc) is 2.95. The number of fused-ring (bicyclic) bond motifs is 1. The smallest absolute Gasteiger partial charge is 0.108 e. The number of hydrogen-bond donors (Lipinski definition) is 0. The minimum Gasteiger partial charge on any atom is -0.335 e. The van der Waals surface area contributed by atoms with Crippen LogP contribution >= 0.6 is 0 Å². The van der Waals surface area contributed by atoms with Gasteiger partial charge in [0, 0.05) is 37.7 Å². The molecule has 1 aromatic rings. The van der Waals surface area contributed by atoms with Gasteiger partial charge in [0.2, 0.25) is 0 Å². The number of likely N-dealkylation sites (tertiary alicyclic amines) is 1. The van der Waals surface area contributed by atoms with E-state index in [0.717, 1.165) is 0 Å². The Balaban J connectivity index is 1.74. The van der Waals surface area contributed by atoms with Crippen molar-refractivity contribution in [1.29, 1.82) is 0 Å². The summed E-state index contributed by atoms with van der Waals surface area (Å²) in [6.45, 7) is 8.21. The first-order valence-electron chi connectivity index (χ1n) is 7.04. The molecular formula is C14H23N3. The second kappa shape index (κ2) is 4.45. The summed E-state index contributed by atoms with van der Waals surface area (Å²) in [5.74, 6) is 2.00. The number of imidazole rings is 1. The van der Waals surface area contributed by atoms with E-state index in [9.17, 15) is 0 Å². The van der Waals surface area contributed by atoms with Gasteiger partial charge in [-0.05, 0) is 39.7 Å². The molecule has 0 N–H and O–H groups in total. The molecule has 1 fully saturated rings. The third-order valence-corrected chi connectivity index (χ3v) is 4.30. The lowest BCUT2D eigenvalue weighted by molar-refractivity contribution is 0.272. The van der Waals surface area contributed by atoms with E-state index < -0.39 is 0 Å². The first-order chi connectivity index (χ1) is 8.24. The van der Waals surface area contributed by atoms with Crippen LogP contribution in [0.5, 0.6) is 0 Å². The zero-order valence-electron chi connectivity index (χ0n) is 11.0. The number of hydrogen-bond acceptors (Lipinski definition) is 2. The molecule has 0 aromatic carbocycles. The van der Waals surface area contributed by atoms with Gasteiger partial charge in [0.05, 0.1) is 5.69 Å². The molecule has 3 nitrogen and oxygen atoms in total. The van der Waals surface area contributed by atoms with Gasteiger partial charge in [-0.1, -0.05) is 0 Å². The van der Waals surface area contributed by atoms with Gasteiger partial charge in [0.1, 0.15) is 5.82 Å². The molecule has 0 bridgehead atoms. The SMILES string of the molecule is CC(C)N1CCC(c2cn3c(n2)CCCC3)C1. The Bertz CT molecular complexity index is 371. The van der Waals surface area contributed by atoms with Crippen molar-refractivity contribution in [3.63, 3.8) is 0 Å². The molecule has 0 amide bonds. The highest BCUT2D eigenvalue weighted by molar-refractivity contribution is 5.13. The Morgan fingerprint density at radius 1 is 1.29 bits per heavy atom. The molecule has 2 aliphatic rings. The minimum absolute atomic E-state index is 0.676. The second-order valence-corrected chi connectivity index (χ2v) is 5.81. The van der Waals surface area contributed by atoms with Crippen molar-refractivity contribution in [3.05, 3.63) is 17.7 Å². The highest BCUT2D eigenvalue weighted by Gasteiger charge is 2.28. The Kier molecular flexibility index (Phi) is 2.95. The van der Waals surface area contributed by atoms with E-state index in [0.29, 0.717) is 12.0 Å². The van der Waals surface area contributed by atoms with Gasteiger partial charge >= 0.3 is 0 Å². The van der Waals surface area contributed by atoms with Gasteiger partial charge in [-0.25, -0.2) is 4.98 Å². The van der Waals surface area contributed by atoms with Crippen LogP contribution in [-0.2, 0) is 13.0 Å². The molecule has 3 rings (SSSR count). The molecular weight excluding hydrogens is 210 g/mol. The van der Waals surface area contributed by atoms with Crippen molar-refractivity contribution in [3.8, 4) is 0 Å². The van der Waals surface area contributed by atoms with Crippen molar-refractivity contribution >= 4 is 0 Å². The minimum atomic E-state index is 0.676. The molecule has 2 aliphatic heterocycles. The summed E-state index contributed by atoms with van der Waals surface area (Å²) >= 11 is 0. The number of rotatable bonds is 2. The van der Waals surface area contributed by atoms with E-state index in [1.807, 2.05) is 0 Å². The first-order valence-corrected chi connectivity index (χ1v) is 7.04. The third kappa shape index (κ3) is 2.13. The van der Waals surface area contributed by atoms with Crippen LogP contribution in [0.1, 0.15) is 50.5 Å². The van der Waals surface area contributed by atoms with E-state index in [4.69, 9.17) is 4.98 Å². The zero-order chi connectivity index (χ0) is 11.8. The lowest BCUT2D eigenvalue weighted by Gasteiger charge is -2.19. The van der Waals surface area contributed by atoms with Crippen LogP contribution in [0.15, 0.2) is 6.20 Å². The molecule has 17 heavy (non-hydrogen) atoms. The zero-order valence-corrected chi connectivity index (χ0v) is 11.0. The van der Waals surface area contributed by atoms with Crippen LogP contribution in [0.2, 0.25) is 0 Å². The molecule has 1 saturated heterocycles. The summed E-state index contributed by atoms with van der Waals surface area (Å²) in [4.78, 5) is 7.44. The summed E-state index contributed by atoms with van der Waals surface area (Å²) < 4.78 is 2.39. The maximum atomic E-state index is 4.86. The molecule has 0 spiro atoms. The van der Waals surface area contributed by atoms with Gasteiger partial charge in [-0.2, -0.15) is 0 Å². The lowest BCUT2D eigenvalue weighted by Crippen LogP contribution is -2.27. The van der Waals surface area contributed by atoms with Gasteiger partial charge in [-0.3, -0.25) is 0 Å². The van der Waals surface area contributed by atoms with E-state index in [1.54, 1.807) is 0 Å². The Morgan fingerprint density at radius 2 is 2.18 bits per heavy atom. The van der Waals surface area contributed by atoms with Crippen molar-refractivity contribution < 1.29 is 0 Å². The molecule has 0 radical (unpaired) electrons. The molecule has 0 saturated carbocycles. The van der Waals surface area contributed by atoms with E-state index in [1.165, 1.54) is 56.8 Å². The maximum Gasteiger partial charge on any atom is 0.108 e. The fourth-order valence-corrected chi connectivity index (χ4v) is 3.13. The standard InChI is InChI=1S/C14H23N3/c1-11(2)16-8-6-12(9-16)13-10-17-7-4-3-5-14(17)15-13/h10-12H,3-9H2,1-2H3. The predicted molar refractivity (Wildman–Crippen MR) is 69.2 cm³/mol. The summed E-state index contributed by atoms with van der Waals surface area (Å²) in [7, 11) is 0. The first kappa shape index (κ1) is 11.3. The Labute approximate surface area is 104 Å². The molecule has 0 aliphatic carbocycles. The quantitative estimate of drug-likeness (QED) is 0.782. The molecule has 94 valence electrons. The summed E-state index contributed by atoms with van der Waals surface area (Å²) in [5.41, 5.74) is 1.35. The van der Waals surface area contributed by atoms with Gasteiger partial charge < -0.3 is 9.47 Å². The summed E-state index contributed by atoms with van der Waals surface area (Å²) in [5, 5.41) is 0. The van der Waals surface area contributed by atoms with Crippen LogP contribution < -0.4 is 0 Å². The topological polar surface area (TPSA) is 21.1 Å². The molecule has 1 aromatic heterocycles. The van der Waals surface area contributed by atoms with E-state index >= 15 is 0 Å². The lowest BCUT2D eigenvalue weighted by atomic mass is 10.1. The van der Waals surface area contributed by atoms with Gasteiger partial charge in [0.25, 0.3) is 0 Å². The van der Waals surface area contributed by atoms with Gasteiger partial charge in [0.15, 0.2) is 0 Å². The van der Waals surface area contributed by atoms with E-state index in [2.05, 4.69) is 29.5 Å². The highest BCUT2D eigenvalue weighted by Crippen LogP contribution is 2.28. The van der Waals surface area contributed by atoms with Crippen molar-refractivity contribution in [1.82, 2.24) is 14.5 Å². The van der Waals surface area contributed by atoms with Crippen LogP contribution in [-0.4, -0.2) is 33.6 Å². The van der Waals surface area contributed by atoms with Crippen LogP contribution in [0.3, 0.4) is 0 Å². The second-order valence-electron chi connectivity index (χ2n) is 5.81. The molecule has 3 heterocycles. The van der Waals surface area contributed by atoms with Crippen LogP contribution in [0.25, 0.3) is 0 Å². The highest BCUT2D eigenvalue weighted by atomic mass is 15.2. The summed E-state index contributed by atoms with van der Waals surface area (Å²) in [6, 6.07) is 0.678. The average molecular weight is 233 g/mol. The van der Waals surface area contributed by atoms with Crippen molar-refractivity contribution in [2.24, 2.45) is 0 Å². The largest absolute Gasteiger partial charge is 0.335 e. The third-order valence-electron chi connectivity index (χ3n) is 4.30. The normalized spacial score (nSPS) is 25.5. The molecule has 1 unspecified atom stereocenters. The number of aromatic nitrogens is 2. The monoisotopic (exact) mass is 233 g/mol. The van der Waals surface area contributed by atoms with Crippen molar-refractivity contribution in [2.75, 3.05) is 13.1 Å². The van der Waals surface area contributed by atoms with Crippen LogP contribution in [0, 0.1) is 0 Å². The molecule has 3 heteroatoms. The predicted octanol–water partition coefficient (Wildman–Crippen LogP) is 2.42. The Morgan fingerprint density at radius 3 is 2.88 bits per heavy atom. The van der Waals surface area contributed by atoms with Crippen molar-refractivity contribution in [2.45, 2.75) is 58.0 Å². The number of aryl methyl sites for hydroxylation is 2. The fraction of sp³-hybridized carbons (Fsp3) is 0.786. The van der Waals surface area contributed by atoms with E-state index in [-0.39, 0.29) is 0 Å². The Hall–Kier alpha value is -0.830.